The minimum absolute atomic E-state index is 0.0103. The van der Waals surface area contributed by atoms with Crippen molar-refractivity contribution >= 4 is 67.5 Å². The molecule has 0 aromatic rings. The zero-order valence-corrected chi connectivity index (χ0v) is 46.7. The zero-order chi connectivity index (χ0) is 45.4. The maximum absolute atomic E-state index is 14.0. The van der Waals surface area contributed by atoms with Gasteiger partial charge in [-0.3, -0.25) is 0 Å². The summed E-state index contributed by atoms with van der Waals surface area (Å²) in [4.78, 5) is 82.5. The molecule has 0 unspecified atom stereocenters. The predicted octanol–water partition coefficient (Wildman–Crippen LogP) is 10.6. The fraction of sp³-hybridized carbons (Fsp3) is 0.882. The summed E-state index contributed by atoms with van der Waals surface area (Å²) >= 11 is -9.91. The molecular weight excluding hydrogens is 974 g/mol. The van der Waals surface area contributed by atoms with Gasteiger partial charge in [0.05, 0.1) is 0 Å². The molecule has 6 aliphatic rings. The van der Waals surface area contributed by atoms with Gasteiger partial charge in [-0.15, -0.1) is 0 Å². The van der Waals surface area contributed by atoms with Gasteiger partial charge in [-0.1, -0.05) is 0 Å². The molecule has 0 amide bonds. The van der Waals surface area contributed by atoms with Gasteiger partial charge in [-0.2, -0.15) is 0 Å². The number of carbonyl (C=O) groups is 6. The van der Waals surface area contributed by atoms with Crippen molar-refractivity contribution in [3.8, 4) is 0 Å². The van der Waals surface area contributed by atoms with Gasteiger partial charge in [0.2, 0.25) is 0 Å². The number of ether oxygens (including phenoxy) is 3. The first-order chi connectivity index (χ1) is 30.0. The molecule has 356 valence electrons. The van der Waals surface area contributed by atoms with Gasteiger partial charge in [0.15, 0.2) is 0 Å². The monoisotopic (exact) mass is 1060 g/mol. The molecule has 6 rings (SSSR count). The third-order valence-electron chi connectivity index (χ3n) is 17.2. The second kappa shape index (κ2) is 23.7. The van der Waals surface area contributed by atoms with Crippen LogP contribution in [0, 0.1) is 35.5 Å². The van der Waals surface area contributed by atoms with Crippen molar-refractivity contribution in [1.82, 2.24) is 0 Å². The van der Waals surface area contributed by atoms with Crippen LogP contribution >= 0.6 is 0 Å². The van der Waals surface area contributed by atoms with Crippen LogP contribution in [0.5, 0.6) is 0 Å². The molecule has 0 saturated heterocycles. The Balaban J connectivity index is 1.01. The van der Waals surface area contributed by atoms with Crippen molar-refractivity contribution in [1.29, 1.82) is 0 Å². The van der Waals surface area contributed by atoms with Crippen LogP contribution in [0.25, 0.3) is 0 Å². The fourth-order valence-corrected chi connectivity index (χ4v) is 30.9. The normalized spacial score (nSPS) is 29.4. The van der Waals surface area contributed by atoms with Crippen LogP contribution in [-0.2, 0) is 43.0 Å². The van der Waals surface area contributed by atoms with E-state index < -0.39 is 39.8 Å². The van der Waals surface area contributed by atoms with E-state index in [-0.39, 0.29) is 73.8 Å². The third kappa shape index (κ3) is 13.4. The minimum atomic E-state index is -3.32. The first-order valence-electron chi connectivity index (χ1n) is 26.1. The Kier molecular flexibility index (Phi) is 19.5. The molecule has 63 heavy (non-hydrogen) atoms. The molecule has 6 aliphatic carbocycles. The molecule has 0 spiro atoms. The summed E-state index contributed by atoms with van der Waals surface area (Å²) in [5, 5.41) is 0. The van der Waals surface area contributed by atoms with Crippen molar-refractivity contribution < 1.29 is 43.0 Å². The van der Waals surface area contributed by atoms with E-state index >= 15 is 0 Å². The zero-order valence-electron chi connectivity index (χ0n) is 40.5. The molecule has 6 saturated carbocycles. The van der Waals surface area contributed by atoms with E-state index in [2.05, 4.69) is 0 Å². The molecule has 0 heterocycles. The van der Waals surface area contributed by atoms with Crippen LogP contribution in [-0.4, -0.2) is 105 Å². The Morgan fingerprint density at radius 3 is 0.810 bits per heavy atom. The SMILES string of the molecule is [CH3][Ge]([CH3])([C](=O)C1CCCCC1)[C](=O)C1CCC(OCC(COC2CCC([C](=O)[Ge]([CH3])([CH3])[C](=O)C3CCCCC3)CC2)OC2CCC([C](=O)[Ge]([CH3])([CH3])[C](=O)C3CCCCC3)CC2)CC1. The first kappa shape index (κ1) is 51.9. The summed E-state index contributed by atoms with van der Waals surface area (Å²) in [5.41, 5.74) is 0. The van der Waals surface area contributed by atoms with Crippen molar-refractivity contribution in [3.63, 3.8) is 0 Å². The van der Waals surface area contributed by atoms with Gasteiger partial charge in [0.25, 0.3) is 0 Å². The second-order valence-corrected chi connectivity index (χ2v) is 49.6. The van der Waals surface area contributed by atoms with Crippen LogP contribution in [0.4, 0.5) is 0 Å². The summed E-state index contributed by atoms with van der Waals surface area (Å²) in [7, 11) is 0. The van der Waals surface area contributed by atoms with E-state index in [1.807, 2.05) is 34.5 Å². The number of rotatable bonds is 20. The van der Waals surface area contributed by atoms with E-state index in [1.165, 1.54) is 19.3 Å². The predicted molar refractivity (Wildman–Crippen MR) is 256 cm³/mol. The summed E-state index contributed by atoms with van der Waals surface area (Å²) in [5.74, 6) is 12.4. The first-order valence-corrected chi connectivity index (χ1v) is 45.0. The van der Waals surface area contributed by atoms with Gasteiger partial charge in [0.1, 0.15) is 0 Å². The number of hydrogen-bond acceptors (Lipinski definition) is 9. The Morgan fingerprint density at radius 2 is 0.556 bits per heavy atom. The van der Waals surface area contributed by atoms with Crippen molar-refractivity contribution in [2.24, 2.45) is 35.5 Å². The second-order valence-electron chi connectivity index (χ2n) is 22.9. The van der Waals surface area contributed by atoms with Crippen LogP contribution in [0.3, 0.4) is 0 Å². The van der Waals surface area contributed by atoms with Crippen LogP contribution in [0.1, 0.15) is 173 Å². The molecule has 0 atom stereocenters. The Labute approximate surface area is 389 Å². The van der Waals surface area contributed by atoms with Crippen LogP contribution in [0.15, 0.2) is 0 Å². The van der Waals surface area contributed by atoms with Gasteiger partial charge in [0, 0.05) is 0 Å². The Morgan fingerprint density at radius 1 is 0.333 bits per heavy atom. The quantitative estimate of drug-likeness (QED) is 0.109. The Bertz CT molecular complexity index is 1490. The van der Waals surface area contributed by atoms with Crippen LogP contribution in [0.2, 0.25) is 34.5 Å². The molecule has 0 aromatic carbocycles. The average molecular weight is 1060 g/mol. The standard InChI is InChI=1S/C51H86Ge3O9/c1-52(2,46(55)36-16-10-7-11-17-36)49(58)39-22-28-42(29-23-39)61-34-45(63-44-32-26-41(27-33-44)51(60)54(5,6)48(57)38-20-14-9-15-21-38)35-62-43-30-24-40(25-31-43)50(59)53(3,4)47(56)37-18-12-8-13-19-37/h36-45H,7-35H2,1-6H3. The van der Waals surface area contributed by atoms with E-state index in [0.29, 0.717) is 27.1 Å². The molecule has 0 radical (unpaired) electrons. The molecule has 0 aliphatic heterocycles. The average Bonchev–Trinajstić information content (AvgIpc) is 3.32. The molecule has 0 bridgehead atoms. The van der Waals surface area contributed by atoms with E-state index in [0.717, 1.165) is 154 Å². The molecule has 0 aromatic heterocycles. The van der Waals surface area contributed by atoms with Crippen molar-refractivity contribution in [2.45, 2.75) is 232 Å². The summed E-state index contributed by atoms with van der Waals surface area (Å²) in [6, 6.07) is 0. The summed E-state index contributed by atoms with van der Waals surface area (Å²) in [6.45, 7) is 0.783. The fourth-order valence-electron chi connectivity index (χ4n) is 12.9. The van der Waals surface area contributed by atoms with Gasteiger partial charge in [-0.25, -0.2) is 0 Å². The summed E-state index contributed by atoms with van der Waals surface area (Å²) < 4.78 is 21.9. The molecule has 12 heteroatoms. The van der Waals surface area contributed by atoms with Gasteiger partial charge < -0.3 is 0 Å². The van der Waals surface area contributed by atoms with Gasteiger partial charge >= 0.3 is 392 Å². The van der Waals surface area contributed by atoms with Crippen LogP contribution < -0.4 is 0 Å². The van der Waals surface area contributed by atoms with Crippen molar-refractivity contribution in [3.05, 3.63) is 0 Å². The molecule has 9 nitrogen and oxygen atoms in total. The van der Waals surface area contributed by atoms with Gasteiger partial charge in [-0.05, 0) is 0 Å². The van der Waals surface area contributed by atoms with E-state index in [9.17, 15) is 28.8 Å². The Hall–Kier alpha value is -0.471. The van der Waals surface area contributed by atoms with E-state index in [1.54, 1.807) is 0 Å². The molecular formula is C51H86Ge3O9. The maximum atomic E-state index is 14.0. The molecule has 0 N–H and O–H groups in total. The third-order valence-corrected chi connectivity index (χ3v) is 37.8. The van der Waals surface area contributed by atoms with Crippen molar-refractivity contribution in [2.75, 3.05) is 13.2 Å². The molecule has 6 fully saturated rings. The number of carbonyl (C=O) groups excluding carboxylic acids is 6. The summed E-state index contributed by atoms with van der Waals surface area (Å²) in [6.07, 6.45) is 25.1. The van der Waals surface area contributed by atoms with E-state index in [4.69, 9.17) is 14.2 Å². The topological polar surface area (TPSA) is 130 Å². The number of hydrogen-bond donors (Lipinski definition) is 0.